The second kappa shape index (κ2) is 7.89. The van der Waals surface area contributed by atoms with Gasteiger partial charge in [-0.25, -0.2) is 0 Å². The number of pyridine rings is 1. The van der Waals surface area contributed by atoms with E-state index in [-0.39, 0.29) is 11.8 Å². The van der Waals surface area contributed by atoms with Crippen molar-refractivity contribution in [3.8, 4) is 0 Å². The van der Waals surface area contributed by atoms with Gasteiger partial charge in [0.25, 0.3) is 11.8 Å². The zero-order valence-corrected chi connectivity index (χ0v) is 15.2. The molecule has 2 aromatic carbocycles. The van der Waals surface area contributed by atoms with E-state index >= 15 is 0 Å². The van der Waals surface area contributed by atoms with Crippen LogP contribution in [0, 0.1) is 3.57 Å². The van der Waals surface area contributed by atoms with Crippen molar-refractivity contribution in [2.24, 2.45) is 0 Å². The van der Waals surface area contributed by atoms with Crippen molar-refractivity contribution in [1.29, 1.82) is 0 Å². The van der Waals surface area contributed by atoms with E-state index in [9.17, 15) is 9.59 Å². The number of hydrogen-bond acceptors (Lipinski definition) is 3. The Balaban J connectivity index is 1.71. The predicted octanol–water partition coefficient (Wildman–Crippen LogP) is 4.19. The molecule has 1 heterocycles. The lowest BCUT2D eigenvalue weighted by atomic mass is 10.1. The van der Waals surface area contributed by atoms with E-state index in [4.69, 9.17) is 0 Å². The van der Waals surface area contributed by atoms with Crippen LogP contribution in [0.4, 0.5) is 11.4 Å². The number of aromatic nitrogens is 1. The van der Waals surface area contributed by atoms with Gasteiger partial charge < -0.3 is 10.6 Å². The number of amides is 2. The van der Waals surface area contributed by atoms with Crippen LogP contribution in [0.1, 0.15) is 20.7 Å². The molecule has 1 aromatic heterocycles. The van der Waals surface area contributed by atoms with Crippen LogP contribution in [0.5, 0.6) is 0 Å². The SMILES string of the molecule is O=C(Nc1cccc(C(=O)Nc2ccc(I)cc2)c1)c1cccnc1. The minimum absolute atomic E-state index is 0.237. The molecule has 5 nitrogen and oxygen atoms in total. The van der Waals surface area contributed by atoms with Crippen molar-refractivity contribution in [3.63, 3.8) is 0 Å². The molecule has 3 rings (SSSR count). The minimum Gasteiger partial charge on any atom is -0.322 e. The molecule has 0 radical (unpaired) electrons. The normalized spacial score (nSPS) is 10.1. The van der Waals surface area contributed by atoms with E-state index in [2.05, 4.69) is 38.2 Å². The highest BCUT2D eigenvalue weighted by Gasteiger charge is 2.09. The summed E-state index contributed by atoms with van der Waals surface area (Å²) >= 11 is 2.20. The van der Waals surface area contributed by atoms with Gasteiger partial charge in [0.05, 0.1) is 5.56 Å². The van der Waals surface area contributed by atoms with E-state index < -0.39 is 0 Å². The Hall–Kier alpha value is -2.74. The van der Waals surface area contributed by atoms with Crippen molar-refractivity contribution < 1.29 is 9.59 Å². The number of benzene rings is 2. The monoisotopic (exact) mass is 443 g/mol. The largest absolute Gasteiger partial charge is 0.322 e. The molecule has 0 aliphatic rings. The average Bonchev–Trinajstić information content (AvgIpc) is 2.64. The fraction of sp³-hybridized carbons (Fsp3) is 0. The summed E-state index contributed by atoms with van der Waals surface area (Å²) in [5, 5.41) is 5.60. The Labute approximate surface area is 158 Å². The smallest absolute Gasteiger partial charge is 0.257 e. The van der Waals surface area contributed by atoms with Crippen molar-refractivity contribution in [2.45, 2.75) is 0 Å². The highest BCUT2D eigenvalue weighted by Crippen LogP contribution is 2.16. The molecule has 0 bridgehead atoms. The first-order valence-electron chi connectivity index (χ1n) is 7.50. The second-order valence-corrected chi connectivity index (χ2v) is 6.48. The lowest BCUT2D eigenvalue weighted by Gasteiger charge is -2.08. The summed E-state index contributed by atoms with van der Waals surface area (Å²) in [6.45, 7) is 0. The van der Waals surface area contributed by atoms with Gasteiger partial charge in [-0.1, -0.05) is 6.07 Å². The third-order valence-electron chi connectivity index (χ3n) is 3.41. The number of nitrogens with zero attached hydrogens (tertiary/aromatic N) is 1. The number of hydrogen-bond donors (Lipinski definition) is 2. The molecule has 0 aliphatic heterocycles. The number of nitrogens with one attached hydrogen (secondary N) is 2. The lowest BCUT2D eigenvalue weighted by Crippen LogP contribution is -2.14. The Kier molecular flexibility index (Phi) is 5.39. The lowest BCUT2D eigenvalue weighted by molar-refractivity contribution is 0.101. The van der Waals surface area contributed by atoms with Gasteiger partial charge in [-0.15, -0.1) is 0 Å². The van der Waals surface area contributed by atoms with Crippen LogP contribution < -0.4 is 10.6 Å². The second-order valence-electron chi connectivity index (χ2n) is 5.24. The summed E-state index contributed by atoms with van der Waals surface area (Å²) < 4.78 is 1.09. The summed E-state index contributed by atoms with van der Waals surface area (Å²) in [7, 11) is 0. The third-order valence-corrected chi connectivity index (χ3v) is 4.13. The molecule has 0 aliphatic carbocycles. The fourth-order valence-electron chi connectivity index (χ4n) is 2.18. The molecule has 0 spiro atoms. The van der Waals surface area contributed by atoms with E-state index in [1.165, 1.54) is 6.20 Å². The van der Waals surface area contributed by atoms with Crippen LogP contribution in [-0.2, 0) is 0 Å². The molecule has 2 N–H and O–H groups in total. The zero-order valence-electron chi connectivity index (χ0n) is 13.1. The van der Waals surface area contributed by atoms with Crippen LogP contribution >= 0.6 is 22.6 Å². The predicted molar refractivity (Wildman–Crippen MR) is 106 cm³/mol. The molecule has 3 aromatic rings. The number of rotatable bonds is 4. The standard InChI is InChI=1S/C19H14IN3O2/c20-15-6-8-16(9-7-15)22-18(24)13-3-1-5-17(11-13)23-19(25)14-4-2-10-21-12-14/h1-12H,(H,22,24)(H,23,25). The molecule has 0 fully saturated rings. The van der Waals surface area contributed by atoms with Crippen LogP contribution in [-0.4, -0.2) is 16.8 Å². The van der Waals surface area contributed by atoms with Gasteiger partial charge in [0, 0.05) is 32.9 Å². The Bertz CT molecular complexity index is 896. The molecule has 0 unspecified atom stereocenters. The van der Waals surface area contributed by atoms with Gasteiger partial charge in [-0.2, -0.15) is 0 Å². The minimum atomic E-state index is -0.275. The van der Waals surface area contributed by atoms with Gasteiger partial charge in [0.15, 0.2) is 0 Å². The molecule has 0 saturated carbocycles. The molecule has 124 valence electrons. The summed E-state index contributed by atoms with van der Waals surface area (Å²) in [5.41, 5.74) is 2.18. The van der Waals surface area contributed by atoms with E-state index in [0.29, 0.717) is 16.8 Å². The van der Waals surface area contributed by atoms with E-state index in [1.807, 2.05) is 24.3 Å². The number of carbonyl (C=O) groups excluding carboxylic acids is 2. The van der Waals surface area contributed by atoms with Gasteiger partial charge >= 0.3 is 0 Å². The van der Waals surface area contributed by atoms with E-state index in [1.54, 1.807) is 42.6 Å². The molecular formula is C19H14IN3O2. The van der Waals surface area contributed by atoms with E-state index in [0.717, 1.165) is 9.26 Å². The zero-order chi connectivity index (χ0) is 17.6. The van der Waals surface area contributed by atoms with Crippen molar-refractivity contribution in [1.82, 2.24) is 4.98 Å². The van der Waals surface area contributed by atoms with Gasteiger partial charge in [-0.05, 0) is 77.2 Å². The first-order valence-corrected chi connectivity index (χ1v) is 8.58. The highest BCUT2D eigenvalue weighted by molar-refractivity contribution is 14.1. The average molecular weight is 443 g/mol. The summed E-state index contributed by atoms with van der Waals surface area (Å²) in [6, 6.07) is 17.7. The highest BCUT2D eigenvalue weighted by atomic mass is 127. The maximum absolute atomic E-state index is 12.4. The van der Waals surface area contributed by atoms with Crippen molar-refractivity contribution in [3.05, 3.63) is 87.8 Å². The first kappa shape index (κ1) is 17.1. The molecule has 6 heteroatoms. The number of halogens is 1. The summed E-state index contributed by atoms with van der Waals surface area (Å²) in [4.78, 5) is 28.5. The molecule has 25 heavy (non-hydrogen) atoms. The maximum atomic E-state index is 12.4. The molecule has 0 saturated heterocycles. The van der Waals surface area contributed by atoms with Crippen molar-refractivity contribution >= 4 is 45.8 Å². The molecule has 0 atom stereocenters. The Morgan fingerprint density at radius 3 is 2.20 bits per heavy atom. The number of carbonyl (C=O) groups is 2. The Morgan fingerprint density at radius 2 is 1.48 bits per heavy atom. The summed E-state index contributed by atoms with van der Waals surface area (Å²) in [6.07, 6.45) is 3.09. The van der Waals surface area contributed by atoms with Crippen molar-refractivity contribution in [2.75, 3.05) is 10.6 Å². The first-order chi connectivity index (χ1) is 12.1. The van der Waals surface area contributed by atoms with Crippen LogP contribution in [0.15, 0.2) is 73.1 Å². The maximum Gasteiger partial charge on any atom is 0.257 e. The third kappa shape index (κ3) is 4.63. The summed E-state index contributed by atoms with van der Waals surface area (Å²) in [5.74, 6) is -0.512. The van der Waals surface area contributed by atoms with Gasteiger partial charge in [0.2, 0.25) is 0 Å². The fourth-order valence-corrected chi connectivity index (χ4v) is 2.53. The Morgan fingerprint density at radius 1 is 0.800 bits per heavy atom. The number of anilines is 2. The van der Waals surface area contributed by atoms with Gasteiger partial charge in [0.1, 0.15) is 0 Å². The van der Waals surface area contributed by atoms with Gasteiger partial charge in [-0.3, -0.25) is 14.6 Å². The molecular weight excluding hydrogens is 429 g/mol. The molecule has 2 amide bonds. The topological polar surface area (TPSA) is 71.1 Å². The van der Waals surface area contributed by atoms with Crippen LogP contribution in [0.25, 0.3) is 0 Å². The van der Waals surface area contributed by atoms with Crippen LogP contribution in [0.3, 0.4) is 0 Å². The quantitative estimate of drug-likeness (QED) is 0.595. The van der Waals surface area contributed by atoms with Crippen LogP contribution in [0.2, 0.25) is 0 Å².